The largest absolute Gasteiger partial charge is 0.440 e. The maximum absolute atomic E-state index is 12.5. The smallest absolute Gasteiger partial charge is 0.236 e. The Labute approximate surface area is 137 Å². The molecule has 2 aromatic heterocycles. The number of imide groups is 1. The molecule has 1 saturated heterocycles. The second-order valence-corrected chi connectivity index (χ2v) is 6.87. The minimum Gasteiger partial charge on any atom is -0.440 e. The number of hydrogen-bond acceptors (Lipinski definition) is 5. The maximum Gasteiger partial charge on any atom is 0.236 e. The molecule has 6 heteroatoms. The predicted octanol–water partition coefficient (Wildman–Crippen LogP) is 3.16. The van der Waals surface area contributed by atoms with E-state index in [0.29, 0.717) is 30.2 Å². The van der Waals surface area contributed by atoms with Gasteiger partial charge in [0.2, 0.25) is 17.7 Å². The van der Waals surface area contributed by atoms with Gasteiger partial charge in [-0.25, -0.2) is 4.98 Å². The Kier molecular flexibility index (Phi) is 3.41. The van der Waals surface area contributed by atoms with Crippen LogP contribution in [0.15, 0.2) is 34.1 Å². The van der Waals surface area contributed by atoms with E-state index >= 15 is 0 Å². The van der Waals surface area contributed by atoms with E-state index < -0.39 is 0 Å². The third-order valence-electron chi connectivity index (χ3n) is 4.53. The molecule has 0 spiro atoms. The minimum absolute atomic E-state index is 0.0792. The van der Waals surface area contributed by atoms with E-state index in [0.717, 1.165) is 4.88 Å². The molecule has 4 rings (SSSR count). The maximum atomic E-state index is 12.5. The van der Waals surface area contributed by atoms with Crippen molar-refractivity contribution in [3.63, 3.8) is 0 Å². The lowest BCUT2D eigenvalue weighted by Gasteiger charge is -2.14. The zero-order valence-electron chi connectivity index (χ0n) is 12.7. The van der Waals surface area contributed by atoms with Crippen LogP contribution in [-0.2, 0) is 16.1 Å². The molecule has 3 heterocycles. The van der Waals surface area contributed by atoms with Gasteiger partial charge in [-0.3, -0.25) is 14.5 Å². The third kappa shape index (κ3) is 2.34. The van der Waals surface area contributed by atoms with Crippen molar-refractivity contribution in [2.75, 3.05) is 0 Å². The first-order chi connectivity index (χ1) is 11.1. The number of allylic oxidation sites excluding steroid dienone is 2. The van der Waals surface area contributed by atoms with Crippen molar-refractivity contribution in [3.8, 4) is 10.8 Å². The fourth-order valence-corrected chi connectivity index (χ4v) is 3.90. The normalized spacial score (nSPS) is 23.6. The van der Waals surface area contributed by atoms with Gasteiger partial charge in [-0.2, -0.15) is 0 Å². The topological polar surface area (TPSA) is 63.4 Å². The van der Waals surface area contributed by atoms with E-state index in [1.807, 2.05) is 36.6 Å². The molecule has 2 aliphatic rings. The Hall–Kier alpha value is -2.21. The Morgan fingerprint density at radius 1 is 1.26 bits per heavy atom. The summed E-state index contributed by atoms with van der Waals surface area (Å²) in [6, 6.07) is 3.87. The lowest BCUT2D eigenvalue weighted by molar-refractivity contribution is -0.140. The molecule has 1 fully saturated rings. The summed E-state index contributed by atoms with van der Waals surface area (Å²) in [6.07, 6.45) is 5.30. The van der Waals surface area contributed by atoms with Gasteiger partial charge in [0.25, 0.3) is 0 Å². The van der Waals surface area contributed by atoms with Crippen molar-refractivity contribution in [1.82, 2.24) is 9.88 Å². The van der Waals surface area contributed by atoms with Crippen LogP contribution >= 0.6 is 11.3 Å². The molecule has 2 atom stereocenters. The highest BCUT2D eigenvalue weighted by molar-refractivity contribution is 7.13. The molecule has 118 valence electrons. The summed E-state index contributed by atoms with van der Waals surface area (Å²) >= 11 is 1.55. The van der Waals surface area contributed by atoms with Crippen molar-refractivity contribution in [2.45, 2.75) is 26.3 Å². The van der Waals surface area contributed by atoms with Gasteiger partial charge in [0.05, 0.1) is 23.3 Å². The first-order valence-electron chi connectivity index (χ1n) is 7.65. The van der Waals surface area contributed by atoms with Crippen LogP contribution in [0, 0.1) is 18.8 Å². The second-order valence-electron chi connectivity index (χ2n) is 5.92. The molecule has 0 radical (unpaired) electrons. The molecule has 0 bridgehead atoms. The Morgan fingerprint density at radius 2 is 1.96 bits per heavy atom. The molecule has 0 saturated carbocycles. The Bertz CT molecular complexity index is 765. The summed E-state index contributed by atoms with van der Waals surface area (Å²) in [7, 11) is 0. The molecule has 2 amide bonds. The fraction of sp³-hybridized carbons (Fsp3) is 0.353. The van der Waals surface area contributed by atoms with Gasteiger partial charge in [0, 0.05) is 0 Å². The molecule has 2 aromatic rings. The number of hydrogen-bond donors (Lipinski definition) is 0. The summed E-state index contributed by atoms with van der Waals surface area (Å²) in [4.78, 5) is 31.8. The van der Waals surface area contributed by atoms with Crippen LogP contribution in [-0.4, -0.2) is 21.7 Å². The predicted molar refractivity (Wildman–Crippen MR) is 85.5 cm³/mol. The lowest BCUT2D eigenvalue weighted by Crippen LogP contribution is -2.30. The number of likely N-dealkylation sites (tertiary alicyclic amines) is 1. The van der Waals surface area contributed by atoms with Crippen LogP contribution in [0.4, 0.5) is 0 Å². The summed E-state index contributed by atoms with van der Waals surface area (Å²) in [5.41, 5.74) is 0.654. The molecule has 0 aromatic carbocycles. The number of amides is 2. The highest BCUT2D eigenvalue weighted by Gasteiger charge is 2.47. The highest BCUT2D eigenvalue weighted by atomic mass is 32.1. The third-order valence-corrected chi connectivity index (χ3v) is 5.39. The van der Waals surface area contributed by atoms with E-state index in [4.69, 9.17) is 4.42 Å². The second kappa shape index (κ2) is 5.45. The Balaban J connectivity index is 1.59. The number of carbonyl (C=O) groups is 2. The highest BCUT2D eigenvalue weighted by Crippen LogP contribution is 2.36. The summed E-state index contributed by atoms with van der Waals surface area (Å²) < 4.78 is 5.70. The van der Waals surface area contributed by atoms with Gasteiger partial charge < -0.3 is 4.42 Å². The Morgan fingerprint density at radius 3 is 2.57 bits per heavy atom. The van der Waals surface area contributed by atoms with Crippen LogP contribution < -0.4 is 0 Å². The molecular formula is C17H16N2O3S. The van der Waals surface area contributed by atoms with E-state index in [1.165, 1.54) is 4.90 Å². The van der Waals surface area contributed by atoms with E-state index in [2.05, 4.69) is 4.98 Å². The summed E-state index contributed by atoms with van der Waals surface area (Å²) in [5.74, 6) is 0.648. The number of aromatic nitrogens is 1. The van der Waals surface area contributed by atoms with E-state index in [9.17, 15) is 9.59 Å². The number of thiophene rings is 1. The number of carbonyl (C=O) groups excluding carboxylic acids is 2. The number of aryl methyl sites for hydroxylation is 1. The standard InChI is InChI=1S/C17H16N2O3S/c1-10-13(18-15(22-10)14-7-4-8-23-14)9-19-16(20)11-5-2-3-6-12(11)17(19)21/h2-4,7-8,11-12H,5-6,9H2,1H3. The average Bonchev–Trinajstić information content (AvgIpc) is 3.25. The SMILES string of the molecule is Cc1oc(-c2cccs2)nc1CN1C(=O)C2CC=CCC2C1=O. The molecule has 1 aliphatic carbocycles. The zero-order valence-corrected chi connectivity index (χ0v) is 13.5. The van der Waals surface area contributed by atoms with Crippen molar-refractivity contribution in [1.29, 1.82) is 0 Å². The monoisotopic (exact) mass is 328 g/mol. The van der Waals surface area contributed by atoms with Crippen LogP contribution in [0.1, 0.15) is 24.3 Å². The van der Waals surface area contributed by atoms with Gasteiger partial charge in [-0.05, 0) is 31.2 Å². The molecule has 2 unspecified atom stereocenters. The molecule has 0 N–H and O–H groups in total. The number of rotatable bonds is 3. The first kappa shape index (κ1) is 14.4. The molecule has 23 heavy (non-hydrogen) atoms. The van der Waals surface area contributed by atoms with Crippen LogP contribution in [0.3, 0.4) is 0 Å². The summed E-state index contributed by atoms with van der Waals surface area (Å²) in [6.45, 7) is 2.02. The zero-order chi connectivity index (χ0) is 16.0. The van der Waals surface area contributed by atoms with Gasteiger partial charge in [-0.15, -0.1) is 11.3 Å². The number of fused-ring (bicyclic) bond motifs is 1. The van der Waals surface area contributed by atoms with Gasteiger partial charge in [0.15, 0.2) is 0 Å². The van der Waals surface area contributed by atoms with Crippen LogP contribution in [0.25, 0.3) is 10.8 Å². The number of oxazole rings is 1. The van der Waals surface area contributed by atoms with Gasteiger partial charge in [0.1, 0.15) is 11.5 Å². The summed E-state index contributed by atoms with van der Waals surface area (Å²) in [5, 5.41) is 1.96. The average molecular weight is 328 g/mol. The van der Waals surface area contributed by atoms with Crippen molar-refractivity contribution < 1.29 is 14.0 Å². The van der Waals surface area contributed by atoms with Crippen LogP contribution in [0.5, 0.6) is 0 Å². The quantitative estimate of drug-likeness (QED) is 0.641. The van der Waals surface area contributed by atoms with Crippen molar-refractivity contribution >= 4 is 23.2 Å². The van der Waals surface area contributed by atoms with E-state index in [1.54, 1.807) is 11.3 Å². The molecule has 5 nitrogen and oxygen atoms in total. The number of nitrogens with zero attached hydrogens (tertiary/aromatic N) is 2. The van der Waals surface area contributed by atoms with Gasteiger partial charge in [-0.1, -0.05) is 18.2 Å². The minimum atomic E-state index is -0.198. The van der Waals surface area contributed by atoms with Crippen molar-refractivity contribution in [2.24, 2.45) is 11.8 Å². The first-order valence-corrected chi connectivity index (χ1v) is 8.53. The van der Waals surface area contributed by atoms with Gasteiger partial charge >= 0.3 is 0 Å². The van der Waals surface area contributed by atoms with Crippen molar-refractivity contribution in [3.05, 3.63) is 41.1 Å². The van der Waals surface area contributed by atoms with Crippen LogP contribution in [0.2, 0.25) is 0 Å². The lowest BCUT2D eigenvalue weighted by atomic mass is 9.85. The molecular weight excluding hydrogens is 312 g/mol. The molecule has 1 aliphatic heterocycles. The van der Waals surface area contributed by atoms with E-state index in [-0.39, 0.29) is 30.2 Å². The fourth-order valence-electron chi connectivity index (χ4n) is 3.25.